The van der Waals surface area contributed by atoms with Gasteiger partial charge in [0.05, 0.1) is 6.20 Å². The number of aromatic nitrogens is 3. The average Bonchev–Trinajstić information content (AvgIpc) is 2.62. The standard InChI is InChI=1S/C17H23ClN6/c1-2-3-7-19-17-21-16(13-20-22-17)24-10-8-23(9-11-24)15-6-4-5-14(18)12-15/h4-6,12-13H,2-3,7-11H2,1H3,(H,19,21,22). The predicted octanol–water partition coefficient (Wildman–Crippen LogP) is 3.06. The number of unbranched alkanes of at least 4 members (excludes halogenated alkanes) is 1. The van der Waals surface area contributed by atoms with Crippen LogP contribution in [-0.2, 0) is 0 Å². The quantitative estimate of drug-likeness (QED) is 0.811. The fourth-order valence-electron chi connectivity index (χ4n) is 2.77. The Kier molecular flexibility index (Phi) is 5.69. The highest BCUT2D eigenvalue weighted by molar-refractivity contribution is 6.30. The van der Waals surface area contributed by atoms with Crippen molar-refractivity contribution in [1.82, 2.24) is 15.2 Å². The maximum absolute atomic E-state index is 6.09. The molecule has 0 atom stereocenters. The third kappa shape index (κ3) is 4.26. The van der Waals surface area contributed by atoms with Gasteiger partial charge in [0.15, 0.2) is 5.82 Å². The molecule has 7 heteroatoms. The number of anilines is 3. The highest BCUT2D eigenvalue weighted by atomic mass is 35.5. The maximum Gasteiger partial charge on any atom is 0.244 e. The summed E-state index contributed by atoms with van der Waals surface area (Å²) in [6.07, 6.45) is 3.98. The largest absolute Gasteiger partial charge is 0.368 e. The van der Waals surface area contributed by atoms with Gasteiger partial charge in [0.1, 0.15) is 0 Å². The SMILES string of the molecule is CCCCNc1nncc(N2CCN(c3cccc(Cl)c3)CC2)n1. The monoisotopic (exact) mass is 346 g/mol. The Bertz CT molecular complexity index is 657. The minimum atomic E-state index is 0.609. The molecule has 6 nitrogen and oxygen atoms in total. The van der Waals surface area contributed by atoms with Crippen LogP contribution in [0.15, 0.2) is 30.5 Å². The fourth-order valence-corrected chi connectivity index (χ4v) is 2.95. The third-order valence-corrected chi connectivity index (χ3v) is 4.37. The van der Waals surface area contributed by atoms with E-state index in [0.717, 1.165) is 56.4 Å². The Morgan fingerprint density at radius 3 is 2.71 bits per heavy atom. The van der Waals surface area contributed by atoms with Gasteiger partial charge in [-0.15, -0.1) is 5.10 Å². The number of benzene rings is 1. The molecule has 0 aliphatic carbocycles. The molecule has 1 N–H and O–H groups in total. The molecule has 2 heterocycles. The molecule has 1 aromatic carbocycles. The van der Waals surface area contributed by atoms with Crippen LogP contribution in [0.3, 0.4) is 0 Å². The van der Waals surface area contributed by atoms with Crippen LogP contribution in [0.25, 0.3) is 0 Å². The second-order valence-electron chi connectivity index (χ2n) is 5.87. The highest BCUT2D eigenvalue weighted by Crippen LogP contribution is 2.22. The lowest BCUT2D eigenvalue weighted by Crippen LogP contribution is -2.47. The van der Waals surface area contributed by atoms with E-state index < -0.39 is 0 Å². The van der Waals surface area contributed by atoms with E-state index in [1.54, 1.807) is 6.20 Å². The number of hydrogen-bond acceptors (Lipinski definition) is 6. The van der Waals surface area contributed by atoms with Crippen molar-refractivity contribution < 1.29 is 0 Å². The van der Waals surface area contributed by atoms with Crippen LogP contribution in [0.2, 0.25) is 5.02 Å². The van der Waals surface area contributed by atoms with Crippen LogP contribution in [0.1, 0.15) is 19.8 Å². The van der Waals surface area contributed by atoms with Gasteiger partial charge in [-0.05, 0) is 24.6 Å². The maximum atomic E-state index is 6.09. The summed E-state index contributed by atoms with van der Waals surface area (Å²) in [4.78, 5) is 9.18. The van der Waals surface area contributed by atoms with Crippen LogP contribution in [0, 0.1) is 0 Å². The lowest BCUT2D eigenvalue weighted by Gasteiger charge is -2.36. The minimum absolute atomic E-state index is 0.609. The topological polar surface area (TPSA) is 57.2 Å². The number of piperazine rings is 1. The molecule has 0 radical (unpaired) electrons. The zero-order valence-electron chi connectivity index (χ0n) is 14.0. The molecule has 1 aliphatic rings. The summed E-state index contributed by atoms with van der Waals surface area (Å²) in [6, 6.07) is 8.01. The second kappa shape index (κ2) is 8.15. The molecule has 24 heavy (non-hydrogen) atoms. The van der Waals surface area contributed by atoms with Crippen molar-refractivity contribution in [2.24, 2.45) is 0 Å². The van der Waals surface area contributed by atoms with Gasteiger partial charge in [-0.3, -0.25) is 0 Å². The van der Waals surface area contributed by atoms with E-state index in [1.165, 1.54) is 5.69 Å². The lowest BCUT2D eigenvalue weighted by atomic mass is 10.2. The summed E-state index contributed by atoms with van der Waals surface area (Å²) in [5, 5.41) is 12.1. The zero-order chi connectivity index (χ0) is 16.8. The molecule has 0 bridgehead atoms. The van der Waals surface area contributed by atoms with Crippen molar-refractivity contribution in [2.45, 2.75) is 19.8 Å². The van der Waals surface area contributed by atoms with Crippen LogP contribution >= 0.6 is 11.6 Å². The Hall–Kier alpha value is -2.08. The van der Waals surface area contributed by atoms with Gasteiger partial charge in [0, 0.05) is 43.4 Å². The minimum Gasteiger partial charge on any atom is -0.368 e. The van der Waals surface area contributed by atoms with E-state index in [0.29, 0.717) is 5.95 Å². The molecule has 0 amide bonds. The number of rotatable bonds is 6. The number of hydrogen-bond donors (Lipinski definition) is 1. The predicted molar refractivity (Wildman–Crippen MR) is 99.1 cm³/mol. The zero-order valence-corrected chi connectivity index (χ0v) is 14.7. The molecule has 0 unspecified atom stereocenters. The van der Waals surface area contributed by atoms with Crippen molar-refractivity contribution in [3.8, 4) is 0 Å². The summed E-state index contributed by atoms with van der Waals surface area (Å²) in [6.45, 7) is 6.71. The highest BCUT2D eigenvalue weighted by Gasteiger charge is 2.19. The van der Waals surface area contributed by atoms with Gasteiger partial charge in [-0.2, -0.15) is 10.1 Å². The molecule has 0 saturated carbocycles. The van der Waals surface area contributed by atoms with Crippen LogP contribution < -0.4 is 15.1 Å². The van der Waals surface area contributed by atoms with Gasteiger partial charge in [-0.25, -0.2) is 0 Å². The molecular formula is C17H23ClN6. The van der Waals surface area contributed by atoms with Gasteiger partial charge in [0.2, 0.25) is 5.95 Å². The summed E-state index contributed by atoms with van der Waals surface area (Å²) in [5.41, 5.74) is 1.17. The van der Waals surface area contributed by atoms with Crippen LogP contribution in [0.5, 0.6) is 0 Å². The first-order valence-electron chi connectivity index (χ1n) is 8.45. The molecule has 1 saturated heterocycles. The van der Waals surface area contributed by atoms with E-state index in [4.69, 9.17) is 11.6 Å². The van der Waals surface area contributed by atoms with E-state index >= 15 is 0 Å². The number of halogens is 1. The van der Waals surface area contributed by atoms with E-state index in [2.05, 4.69) is 43.3 Å². The molecule has 3 rings (SSSR count). The van der Waals surface area contributed by atoms with Gasteiger partial charge >= 0.3 is 0 Å². The van der Waals surface area contributed by atoms with Crippen LogP contribution in [0.4, 0.5) is 17.5 Å². The summed E-state index contributed by atoms with van der Waals surface area (Å²) in [7, 11) is 0. The van der Waals surface area contributed by atoms with Crippen LogP contribution in [-0.4, -0.2) is 47.9 Å². The molecular weight excluding hydrogens is 324 g/mol. The van der Waals surface area contributed by atoms with E-state index in [1.807, 2.05) is 18.2 Å². The smallest absolute Gasteiger partial charge is 0.244 e. The summed E-state index contributed by atoms with van der Waals surface area (Å²) < 4.78 is 0. The normalized spacial score (nSPS) is 14.8. The molecule has 1 aliphatic heterocycles. The summed E-state index contributed by atoms with van der Waals surface area (Å²) in [5.74, 6) is 1.49. The van der Waals surface area contributed by atoms with Crippen molar-refractivity contribution in [1.29, 1.82) is 0 Å². The van der Waals surface area contributed by atoms with Gasteiger partial charge in [0.25, 0.3) is 0 Å². The molecule has 128 valence electrons. The molecule has 2 aromatic rings. The van der Waals surface area contributed by atoms with Crippen molar-refractivity contribution in [3.05, 3.63) is 35.5 Å². The van der Waals surface area contributed by atoms with Gasteiger partial charge in [-0.1, -0.05) is 31.0 Å². The number of nitrogens with one attached hydrogen (secondary N) is 1. The van der Waals surface area contributed by atoms with Crippen molar-refractivity contribution in [3.63, 3.8) is 0 Å². The number of nitrogens with zero attached hydrogens (tertiary/aromatic N) is 5. The van der Waals surface area contributed by atoms with Crippen molar-refractivity contribution in [2.75, 3.05) is 47.8 Å². The Balaban J connectivity index is 1.59. The van der Waals surface area contributed by atoms with Crippen molar-refractivity contribution >= 4 is 29.1 Å². The molecule has 1 aromatic heterocycles. The summed E-state index contributed by atoms with van der Waals surface area (Å²) >= 11 is 6.09. The Morgan fingerprint density at radius 2 is 1.96 bits per heavy atom. The Labute approximate surface area is 147 Å². The lowest BCUT2D eigenvalue weighted by molar-refractivity contribution is 0.644. The Morgan fingerprint density at radius 1 is 1.17 bits per heavy atom. The fraction of sp³-hybridized carbons (Fsp3) is 0.471. The first kappa shape index (κ1) is 16.8. The second-order valence-corrected chi connectivity index (χ2v) is 6.31. The first-order chi connectivity index (χ1) is 11.8. The van der Waals surface area contributed by atoms with Gasteiger partial charge < -0.3 is 15.1 Å². The molecule has 1 fully saturated rings. The third-order valence-electron chi connectivity index (χ3n) is 4.14. The average molecular weight is 347 g/mol. The first-order valence-corrected chi connectivity index (χ1v) is 8.83. The van der Waals surface area contributed by atoms with E-state index in [9.17, 15) is 0 Å². The van der Waals surface area contributed by atoms with E-state index in [-0.39, 0.29) is 0 Å². The molecule has 0 spiro atoms.